The zero-order valence-corrected chi connectivity index (χ0v) is 13.2. The number of hydrogen-bond donors (Lipinski definition) is 1. The van der Waals surface area contributed by atoms with Crippen LogP contribution in [-0.4, -0.2) is 12.5 Å². The largest absolute Gasteiger partial charge is 0.352 e. The van der Waals surface area contributed by atoms with E-state index in [2.05, 4.69) is 43.3 Å². The fourth-order valence-electron chi connectivity index (χ4n) is 2.07. The Morgan fingerprint density at radius 2 is 2.17 bits per heavy atom. The van der Waals surface area contributed by atoms with Crippen molar-refractivity contribution in [2.75, 3.05) is 6.54 Å². The molecule has 0 aromatic heterocycles. The summed E-state index contributed by atoms with van der Waals surface area (Å²) in [5.74, 6) is -0.0204. The highest BCUT2D eigenvalue weighted by Gasteiger charge is 2.10. The number of carbonyl (C=O) groups excluding carboxylic acids is 1. The molecule has 0 heterocycles. The minimum Gasteiger partial charge on any atom is -0.352 e. The smallest absolute Gasteiger partial charge is 0.252 e. The van der Waals surface area contributed by atoms with Gasteiger partial charge in [-0.3, -0.25) is 4.79 Å². The first kappa shape index (κ1) is 13.8. The molecule has 0 aliphatic heterocycles. The number of nitrogens with one attached hydrogen (secondary N) is 1. The summed E-state index contributed by atoms with van der Waals surface area (Å²) in [6.07, 6.45) is 6.92. The van der Waals surface area contributed by atoms with Crippen LogP contribution in [-0.2, 0) is 0 Å². The lowest BCUT2D eigenvalue weighted by Gasteiger charge is -2.07. The van der Waals surface area contributed by atoms with Crippen LogP contribution in [0.5, 0.6) is 0 Å². The van der Waals surface area contributed by atoms with Crippen molar-refractivity contribution in [2.45, 2.75) is 25.7 Å². The summed E-state index contributed by atoms with van der Waals surface area (Å²) in [6, 6.07) is 5.58. The number of rotatable bonds is 4. The van der Waals surface area contributed by atoms with Crippen molar-refractivity contribution in [1.29, 1.82) is 0 Å². The maximum atomic E-state index is 12.0. The zero-order chi connectivity index (χ0) is 13.0. The molecule has 0 fully saturated rings. The fraction of sp³-hybridized carbons (Fsp3) is 0.357. The third kappa shape index (κ3) is 3.69. The molecule has 0 spiro atoms. The van der Waals surface area contributed by atoms with Crippen LogP contribution in [0.1, 0.15) is 36.0 Å². The molecule has 4 heteroatoms. The minimum absolute atomic E-state index is 0.0204. The minimum atomic E-state index is -0.0204. The predicted molar refractivity (Wildman–Crippen MR) is 80.7 cm³/mol. The lowest BCUT2D eigenvalue weighted by Crippen LogP contribution is -2.25. The second kappa shape index (κ2) is 6.53. The Morgan fingerprint density at radius 3 is 2.83 bits per heavy atom. The van der Waals surface area contributed by atoms with E-state index in [1.54, 1.807) is 0 Å². The van der Waals surface area contributed by atoms with Gasteiger partial charge in [-0.2, -0.15) is 0 Å². The van der Waals surface area contributed by atoms with E-state index >= 15 is 0 Å². The standard InChI is InChI=1S/C14H15Br2NO/c15-11-5-6-12(13(16)9-11)14(18)17-8-7-10-3-1-2-4-10/h3,5-6,9H,1-2,4,7-8H2,(H,17,18). The van der Waals surface area contributed by atoms with Gasteiger partial charge >= 0.3 is 0 Å². The first-order valence-electron chi connectivity index (χ1n) is 6.08. The van der Waals surface area contributed by atoms with Crippen molar-refractivity contribution in [3.05, 3.63) is 44.4 Å². The van der Waals surface area contributed by atoms with Gasteiger partial charge < -0.3 is 5.32 Å². The predicted octanol–water partition coefficient (Wildman–Crippen LogP) is 4.44. The maximum Gasteiger partial charge on any atom is 0.252 e. The Kier molecular flexibility index (Phi) is 5.01. The molecule has 0 radical (unpaired) electrons. The van der Waals surface area contributed by atoms with Crippen molar-refractivity contribution in [1.82, 2.24) is 5.32 Å². The summed E-state index contributed by atoms with van der Waals surface area (Å²) in [5.41, 5.74) is 2.16. The van der Waals surface area contributed by atoms with Gasteiger partial charge in [-0.25, -0.2) is 0 Å². The second-order valence-electron chi connectivity index (χ2n) is 4.38. The van der Waals surface area contributed by atoms with Crippen LogP contribution >= 0.6 is 31.9 Å². The third-order valence-corrected chi connectivity index (χ3v) is 4.19. The van der Waals surface area contributed by atoms with E-state index in [1.807, 2.05) is 18.2 Å². The molecule has 1 N–H and O–H groups in total. The lowest BCUT2D eigenvalue weighted by atomic mass is 10.1. The van der Waals surface area contributed by atoms with E-state index in [1.165, 1.54) is 24.8 Å². The highest BCUT2D eigenvalue weighted by atomic mass is 79.9. The molecule has 1 aromatic carbocycles. The second-order valence-corrected chi connectivity index (χ2v) is 6.15. The van der Waals surface area contributed by atoms with Crippen molar-refractivity contribution in [3.63, 3.8) is 0 Å². The quantitative estimate of drug-likeness (QED) is 0.777. The molecule has 2 nitrogen and oxygen atoms in total. The molecule has 0 unspecified atom stereocenters. The van der Waals surface area contributed by atoms with E-state index < -0.39 is 0 Å². The Bertz CT molecular complexity index is 483. The molecule has 2 rings (SSSR count). The van der Waals surface area contributed by atoms with Crippen LogP contribution in [0.3, 0.4) is 0 Å². The summed E-state index contributed by atoms with van der Waals surface area (Å²) in [6.45, 7) is 0.715. The van der Waals surface area contributed by atoms with E-state index in [0.717, 1.165) is 15.4 Å². The van der Waals surface area contributed by atoms with Crippen LogP contribution in [0.4, 0.5) is 0 Å². The molecule has 1 aliphatic carbocycles. The van der Waals surface area contributed by atoms with Gasteiger partial charge in [-0.05, 0) is 59.8 Å². The maximum absolute atomic E-state index is 12.0. The van der Waals surface area contributed by atoms with Crippen LogP contribution in [0.25, 0.3) is 0 Å². The summed E-state index contributed by atoms with van der Waals surface area (Å²) in [4.78, 5) is 12.0. The Balaban J connectivity index is 1.87. The first-order valence-corrected chi connectivity index (χ1v) is 7.66. The zero-order valence-electron chi connectivity index (χ0n) is 10.0. The summed E-state index contributed by atoms with van der Waals surface area (Å²) < 4.78 is 1.77. The number of benzene rings is 1. The van der Waals surface area contributed by atoms with Gasteiger partial charge in [0.15, 0.2) is 0 Å². The molecule has 1 aliphatic rings. The molecular formula is C14H15Br2NO. The van der Waals surface area contributed by atoms with E-state index in [4.69, 9.17) is 0 Å². The Hall–Kier alpha value is -0.610. The lowest BCUT2D eigenvalue weighted by molar-refractivity contribution is 0.0953. The first-order chi connectivity index (χ1) is 8.66. The number of allylic oxidation sites excluding steroid dienone is 1. The van der Waals surface area contributed by atoms with Crippen LogP contribution in [0, 0.1) is 0 Å². The van der Waals surface area contributed by atoms with Gasteiger partial charge in [0.2, 0.25) is 0 Å². The average molecular weight is 373 g/mol. The molecule has 18 heavy (non-hydrogen) atoms. The Morgan fingerprint density at radius 1 is 1.33 bits per heavy atom. The topological polar surface area (TPSA) is 29.1 Å². The van der Waals surface area contributed by atoms with E-state index in [9.17, 15) is 4.79 Å². The Labute approximate surface area is 124 Å². The molecule has 0 saturated heterocycles. The monoisotopic (exact) mass is 371 g/mol. The van der Waals surface area contributed by atoms with E-state index in [-0.39, 0.29) is 5.91 Å². The molecule has 0 bridgehead atoms. The van der Waals surface area contributed by atoms with Gasteiger partial charge in [-0.15, -0.1) is 0 Å². The van der Waals surface area contributed by atoms with Gasteiger partial charge in [0.05, 0.1) is 5.56 Å². The normalized spacial score (nSPS) is 14.4. The average Bonchev–Trinajstić information content (AvgIpc) is 2.81. The van der Waals surface area contributed by atoms with Crippen LogP contribution in [0.15, 0.2) is 38.8 Å². The SMILES string of the molecule is O=C(NCCC1=CCCC1)c1ccc(Br)cc1Br. The number of hydrogen-bond acceptors (Lipinski definition) is 1. The third-order valence-electron chi connectivity index (χ3n) is 3.04. The van der Waals surface area contributed by atoms with Gasteiger partial charge in [0.25, 0.3) is 5.91 Å². The van der Waals surface area contributed by atoms with Crippen molar-refractivity contribution in [3.8, 4) is 0 Å². The number of amides is 1. The fourth-order valence-corrected chi connectivity index (χ4v) is 3.30. The van der Waals surface area contributed by atoms with Gasteiger partial charge in [0.1, 0.15) is 0 Å². The number of carbonyl (C=O) groups is 1. The van der Waals surface area contributed by atoms with Crippen molar-refractivity contribution < 1.29 is 4.79 Å². The number of halogens is 2. The van der Waals surface area contributed by atoms with Gasteiger partial charge in [0, 0.05) is 15.5 Å². The molecule has 0 atom stereocenters. The molecular weight excluding hydrogens is 358 g/mol. The molecule has 0 saturated carbocycles. The van der Waals surface area contributed by atoms with Crippen molar-refractivity contribution >= 4 is 37.8 Å². The van der Waals surface area contributed by atoms with Gasteiger partial charge in [-0.1, -0.05) is 27.6 Å². The molecule has 1 amide bonds. The van der Waals surface area contributed by atoms with Crippen LogP contribution in [0.2, 0.25) is 0 Å². The van der Waals surface area contributed by atoms with Crippen molar-refractivity contribution in [2.24, 2.45) is 0 Å². The summed E-state index contributed by atoms with van der Waals surface area (Å²) >= 11 is 6.78. The highest BCUT2D eigenvalue weighted by molar-refractivity contribution is 9.11. The summed E-state index contributed by atoms with van der Waals surface area (Å²) in [5, 5.41) is 2.96. The highest BCUT2D eigenvalue weighted by Crippen LogP contribution is 2.22. The summed E-state index contributed by atoms with van der Waals surface area (Å²) in [7, 11) is 0. The van der Waals surface area contributed by atoms with Crippen LogP contribution < -0.4 is 5.32 Å². The van der Waals surface area contributed by atoms with E-state index in [0.29, 0.717) is 12.1 Å². The molecule has 96 valence electrons. The molecule has 1 aromatic rings.